The summed E-state index contributed by atoms with van der Waals surface area (Å²) < 4.78 is 4.81. The maximum absolute atomic E-state index is 12.1. The summed E-state index contributed by atoms with van der Waals surface area (Å²) in [5.74, 6) is 0.412. The molecule has 0 amide bonds. The van der Waals surface area contributed by atoms with Gasteiger partial charge in [0.25, 0.3) is 0 Å². The van der Waals surface area contributed by atoms with Gasteiger partial charge in [-0.05, 0) is 36.6 Å². The molecule has 0 saturated heterocycles. The zero-order valence-corrected chi connectivity index (χ0v) is 14.6. The molecule has 0 bridgehead atoms. The van der Waals surface area contributed by atoms with Crippen molar-refractivity contribution in [3.8, 4) is 0 Å². The van der Waals surface area contributed by atoms with Gasteiger partial charge in [0, 0.05) is 23.6 Å². The zero-order chi connectivity index (χ0) is 16.7. The lowest BCUT2D eigenvalue weighted by molar-refractivity contribution is 0.0599. The standard InChI is InChI=1S/C18H19ClO3S/c1-22-18(21)15-7-3-2-6-13(15)12-14-9-10-17(23-14)16(20)8-4-5-11-19/h2-3,6-7,9-10H,4-5,8,11-12H2,1H3. The summed E-state index contributed by atoms with van der Waals surface area (Å²) >= 11 is 7.12. The average Bonchev–Trinajstić information content (AvgIpc) is 3.03. The number of esters is 1. The SMILES string of the molecule is COC(=O)c1ccccc1Cc1ccc(C(=O)CCCCCl)s1. The Hall–Kier alpha value is -1.65. The molecule has 1 aromatic heterocycles. The van der Waals surface area contributed by atoms with Crippen molar-refractivity contribution in [3.05, 3.63) is 57.3 Å². The van der Waals surface area contributed by atoms with Crippen LogP contribution in [0.1, 0.15) is 49.7 Å². The molecule has 0 saturated carbocycles. The molecule has 0 N–H and O–H groups in total. The highest BCUT2D eigenvalue weighted by atomic mass is 35.5. The van der Waals surface area contributed by atoms with Crippen molar-refractivity contribution in [2.24, 2.45) is 0 Å². The van der Waals surface area contributed by atoms with Crippen LogP contribution in [0, 0.1) is 0 Å². The first-order valence-electron chi connectivity index (χ1n) is 7.49. The third-order valence-corrected chi connectivity index (χ3v) is 4.90. The van der Waals surface area contributed by atoms with Crippen molar-refractivity contribution in [2.75, 3.05) is 13.0 Å². The van der Waals surface area contributed by atoms with E-state index in [0.29, 0.717) is 24.3 Å². The number of rotatable bonds is 8. The van der Waals surface area contributed by atoms with E-state index < -0.39 is 0 Å². The van der Waals surface area contributed by atoms with E-state index in [9.17, 15) is 9.59 Å². The van der Waals surface area contributed by atoms with Crippen molar-refractivity contribution in [1.82, 2.24) is 0 Å². The summed E-state index contributed by atoms with van der Waals surface area (Å²) in [5.41, 5.74) is 1.47. The van der Waals surface area contributed by atoms with Gasteiger partial charge in [-0.3, -0.25) is 4.79 Å². The lowest BCUT2D eigenvalue weighted by Gasteiger charge is -2.06. The second-order valence-electron chi connectivity index (χ2n) is 5.16. The number of ketones is 1. The number of carbonyl (C=O) groups is 2. The van der Waals surface area contributed by atoms with Gasteiger partial charge >= 0.3 is 5.97 Å². The molecule has 2 aromatic rings. The highest BCUT2D eigenvalue weighted by molar-refractivity contribution is 7.14. The Bertz CT molecular complexity index is 678. The fourth-order valence-corrected chi connectivity index (χ4v) is 3.48. The number of hydrogen-bond acceptors (Lipinski definition) is 4. The molecule has 0 spiro atoms. The molecule has 0 unspecified atom stereocenters. The summed E-state index contributed by atoms with van der Waals surface area (Å²) in [5, 5.41) is 0. The molecule has 3 nitrogen and oxygen atoms in total. The highest BCUT2D eigenvalue weighted by Gasteiger charge is 2.14. The van der Waals surface area contributed by atoms with Crippen molar-refractivity contribution in [2.45, 2.75) is 25.7 Å². The minimum absolute atomic E-state index is 0.160. The molecular formula is C18H19ClO3S. The van der Waals surface area contributed by atoms with E-state index in [1.54, 1.807) is 6.07 Å². The van der Waals surface area contributed by atoms with E-state index in [4.69, 9.17) is 16.3 Å². The minimum Gasteiger partial charge on any atom is -0.465 e. The predicted octanol–water partition coefficient (Wildman–Crippen LogP) is 4.72. The van der Waals surface area contributed by atoms with Crippen LogP contribution in [-0.4, -0.2) is 24.7 Å². The number of thiophene rings is 1. The lowest BCUT2D eigenvalue weighted by atomic mass is 10.0. The normalized spacial score (nSPS) is 10.5. The van der Waals surface area contributed by atoms with Gasteiger partial charge in [0.05, 0.1) is 17.6 Å². The second-order valence-corrected chi connectivity index (χ2v) is 6.71. The van der Waals surface area contributed by atoms with Crippen LogP contribution >= 0.6 is 22.9 Å². The monoisotopic (exact) mass is 350 g/mol. The van der Waals surface area contributed by atoms with Crippen molar-refractivity contribution >= 4 is 34.7 Å². The average molecular weight is 351 g/mol. The Morgan fingerprint density at radius 1 is 1.13 bits per heavy atom. The molecule has 23 heavy (non-hydrogen) atoms. The Morgan fingerprint density at radius 3 is 2.65 bits per heavy atom. The van der Waals surface area contributed by atoms with Gasteiger partial charge in [0.1, 0.15) is 0 Å². The fourth-order valence-electron chi connectivity index (χ4n) is 2.30. The Labute approximate surface area is 145 Å². The van der Waals surface area contributed by atoms with Crippen LogP contribution in [0.25, 0.3) is 0 Å². The number of halogens is 1. The van der Waals surface area contributed by atoms with E-state index in [0.717, 1.165) is 28.2 Å². The molecular weight excluding hydrogens is 332 g/mol. The maximum atomic E-state index is 12.1. The van der Waals surface area contributed by atoms with Crippen LogP contribution in [0.4, 0.5) is 0 Å². The van der Waals surface area contributed by atoms with E-state index >= 15 is 0 Å². The largest absolute Gasteiger partial charge is 0.465 e. The van der Waals surface area contributed by atoms with Crippen LogP contribution in [-0.2, 0) is 11.2 Å². The van der Waals surface area contributed by atoms with Crippen molar-refractivity contribution < 1.29 is 14.3 Å². The zero-order valence-electron chi connectivity index (χ0n) is 13.0. The Kier molecular flexibility index (Phi) is 6.81. The number of benzene rings is 1. The Morgan fingerprint density at radius 2 is 1.91 bits per heavy atom. The molecule has 0 fully saturated rings. The van der Waals surface area contributed by atoms with Gasteiger partial charge in [-0.15, -0.1) is 22.9 Å². The van der Waals surface area contributed by atoms with Gasteiger partial charge < -0.3 is 4.74 Å². The van der Waals surface area contributed by atoms with Crippen molar-refractivity contribution in [3.63, 3.8) is 0 Å². The first kappa shape index (κ1) is 17.7. The molecule has 5 heteroatoms. The number of carbonyl (C=O) groups excluding carboxylic acids is 2. The first-order chi connectivity index (χ1) is 11.2. The van der Waals surface area contributed by atoms with Crippen LogP contribution < -0.4 is 0 Å². The molecule has 0 aliphatic heterocycles. The number of ether oxygens (including phenoxy) is 1. The summed E-state index contributed by atoms with van der Waals surface area (Å²) in [4.78, 5) is 25.7. The van der Waals surface area contributed by atoms with E-state index in [1.165, 1.54) is 18.4 Å². The first-order valence-corrected chi connectivity index (χ1v) is 8.85. The van der Waals surface area contributed by atoms with Crippen LogP contribution in [0.5, 0.6) is 0 Å². The maximum Gasteiger partial charge on any atom is 0.338 e. The van der Waals surface area contributed by atoms with Gasteiger partial charge in [-0.2, -0.15) is 0 Å². The van der Waals surface area contributed by atoms with Gasteiger partial charge in [0.15, 0.2) is 5.78 Å². The van der Waals surface area contributed by atoms with E-state index in [2.05, 4.69) is 0 Å². The van der Waals surface area contributed by atoms with Gasteiger partial charge in [-0.1, -0.05) is 18.2 Å². The number of unbranched alkanes of at least 4 members (excludes halogenated alkanes) is 1. The summed E-state index contributed by atoms with van der Waals surface area (Å²) in [6.07, 6.45) is 2.83. The summed E-state index contributed by atoms with van der Waals surface area (Å²) in [6, 6.07) is 11.2. The fraction of sp³-hybridized carbons (Fsp3) is 0.333. The van der Waals surface area contributed by atoms with E-state index in [-0.39, 0.29) is 11.8 Å². The minimum atomic E-state index is -0.338. The predicted molar refractivity (Wildman–Crippen MR) is 93.8 cm³/mol. The third kappa shape index (κ3) is 4.91. The van der Waals surface area contributed by atoms with E-state index in [1.807, 2.05) is 30.3 Å². The molecule has 1 aromatic carbocycles. The summed E-state index contributed by atoms with van der Waals surface area (Å²) in [6.45, 7) is 0. The number of Topliss-reactive ketones (excluding diaryl/α,β-unsaturated/α-hetero) is 1. The molecule has 1 heterocycles. The van der Waals surface area contributed by atoms with Crippen LogP contribution in [0.3, 0.4) is 0 Å². The molecule has 0 radical (unpaired) electrons. The molecule has 0 aliphatic carbocycles. The molecule has 0 aliphatic rings. The van der Waals surface area contributed by atoms with Gasteiger partial charge in [0.2, 0.25) is 0 Å². The molecule has 0 atom stereocenters. The lowest BCUT2D eigenvalue weighted by Crippen LogP contribution is -2.05. The number of hydrogen-bond donors (Lipinski definition) is 0. The topological polar surface area (TPSA) is 43.4 Å². The van der Waals surface area contributed by atoms with Crippen molar-refractivity contribution in [1.29, 1.82) is 0 Å². The Balaban J connectivity index is 2.08. The smallest absolute Gasteiger partial charge is 0.338 e. The van der Waals surface area contributed by atoms with Crippen LogP contribution in [0.15, 0.2) is 36.4 Å². The third-order valence-electron chi connectivity index (χ3n) is 3.51. The quantitative estimate of drug-likeness (QED) is 0.299. The number of alkyl halides is 1. The molecule has 122 valence electrons. The highest BCUT2D eigenvalue weighted by Crippen LogP contribution is 2.23. The summed E-state index contributed by atoms with van der Waals surface area (Å²) in [7, 11) is 1.38. The van der Waals surface area contributed by atoms with Crippen LogP contribution in [0.2, 0.25) is 0 Å². The number of methoxy groups -OCH3 is 1. The molecule has 2 rings (SSSR count). The van der Waals surface area contributed by atoms with Gasteiger partial charge in [-0.25, -0.2) is 4.79 Å². The second kappa shape index (κ2) is 8.85.